The summed E-state index contributed by atoms with van der Waals surface area (Å²) < 4.78 is 2.35. The fraction of sp³-hybridized carbons (Fsp3) is 0.143. The van der Waals surface area contributed by atoms with Gasteiger partial charge in [-0.05, 0) is 36.8 Å². The minimum atomic E-state index is -0.638. The van der Waals surface area contributed by atoms with Gasteiger partial charge in [-0.25, -0.2) is 9.67 Å². The van der Waals surface area contributed by atoms with Gasteiger partial charge in [0.25, 0.3) is 11.7 Å². The number of carbonyl (C=O) groups is 3. The molecule has 0 atom stereocenters. The van der Waals surface area contributed by atoms with E-state index in [9.17, 15) is 14.4 Å². The molecular weight excluding hydrogens is 438 g/mol. The van der Waals surface area contributed by atoms with Gasteiger partial charge in [-0.2, -0.15) is 0 Å². The first-order chi connectivity index (χ1) is 14.9. The molecule has 4 aromatic rings. The van der Waals surface area contributed by atoms with E-state index in [0.717, 1.165) is 15.8 Å². The van der Waals surface area contributed by atoms with Gasteiger partial charge in [0.1, 0.15) is 12.2 Å². The van der Waals surface area contributed by atoms with Crippen molar-refractivity contribution < 1.29 is 14.4 Å². The lowest BCUT2D eigenvalue weighted by molar-refractivity contribution is -0.114. The average molecular weight is 452 g/mol. The van der Waals surface area contributed by atoms with Crippen LogP contribution >= 0.6 is 22.9 Å². The lowest BCUT2D eigenvalue weighted by Crippen LogP contribution is -2.29. The van der Waals surface area contributed by atoms with Crippen LogP contribution in [0.1, 0.15) is 31.4 Å². The van der Waals surface area contributed by atoms with Gasteiger partial charge in [-0.1, -0.05) is 28.9 Å². The standard InChI is InChI=1S/C21H14ClN5O3S/c1-11-6-12(22)7-14-18(11)27(21(30)19(14)29)9-13-8-26(25-24-13)10-16(28)20-23-15-4-2-3-5-17(15)31-20/h2-8H,9-10H2,1H3. The molecule has 0 unspecified atom stereocenters. The van der Waals surface area contributed by atoms with Gasteiger partial charge >= 0.3 is 0 Å². The van der Waals surface area contributed by atoms with Crippen LogP contribution in [0, 0.1) is 6.92 Å². The van der Waals surface area contributed by atoms with Crippen LogP contribution in [0.25, 0.3) is 10.2 Å². The highest BCUT2D eigenvalue weighted by atomic mass is 35.5. The van der Waals surface area contributed by atoms with Crippen LogP contribution in [0.5, 0.6) is 0 Å². The van der Waals surface area contributed by atoms with Crippen molar-refractivity contribution in [2.45, 2.75) is 20.0 Å². The summed E-state index contributed by atoms with van der Waals surface area (Å²) in [6.45, 7) is 1.83. The van der Waals surface area contributed by atoms with E-state index in [1.54, 1.807) is 19.2 Å². The zero-order valence-corrected chi connectivity index (χ0v) is 17.8. The first-order valence-electron chi connectivity index (χ1n) is 9.35. The second-order valence-electron chi connectivity index (χ2n) is 7.16. The number of aryl methyl sites for hydroxylation is 1. The Morgan fingerprint density at radius 3 is 2.81 bits per heavy atom. The number of hydrogen-bond acceptors (Lipinski definition) is 7. The Bertz CT molecular complexity index is 1360. The highest BCUT2D eigenvalue weighted by Crippen LogP contribution is 2.35. The Hall–Kier alpha value is -3.43. The second-order valence-corrected chi connectivity index (χ2v) is 8.62. The topological polar surface area (TPSA) is 98.1 Å². The van der Waals surface area contributed by atoms with Crippen molar-refractivity contribution >= 4 is 56.3 Å². The van der Waals surface area contributed by atoms with Crippen molar-refractivity contribution in [2.24, 2.45) is 0 Å². The number of thiazole rings is 1. The van der Waals surface area contributed by atoms with Crippen molar-refractivity contribution in [2.75, 3.05) is 4.90 Å². The van der Waals surface area contributed by atoms with E-state index >= 15 is 0 Å². The fourth-order valence-corrected chi connectivity index (χ4v) is 4.78. The van der Waals surface area contributed by atoms with E-state index in [-0.39, 0.29) is 24.4 Å². The fourth-order valence-electron chi connectivity index (χ4n) is 3.61. The number of ketones is 2. The number of nitrogens with zero attached hydrogens (tertiary/aromatic N) is 5. The number of Topliss-reactive ketones (excluding diaryl/α,β-unsaturated/α-hetero) is 2. The summed E-state index contributed by atoms with van der Waals surface area (Å²) in [4.78, 5) is 43.2. The predicted octanol–water partition coefficient (Wildman–Crippen LogP) is 3.46. The van der Waals surface area contributed by atoms with E-state index in [1.807, 2.05) is 24.3 Å². The van der Waals surface area contributed by atoms with Crippen molar-refractivity contribution in [3.8, 4) is 0 Å². The summed E-state index contributed by atoms with van der Waals surface area (Å²) in [5.41, 5.74) is 2.77. The Kier molecular flexibility index (Phi) is 4.64. The lowest BCUT2D eigenvalue weighted by atomic mass is 10.1. The number of hydrogen-bond donors (Lipinski definition) is 0. The number of anilines is 1. The summed E-state index contributed by atoms with van der Waals surface area (Å²) in [7, 11) is 0. The summed E-state index contributed by atoms with van der Waals surface area (Å²) in [5.74, 6) is -1.42. The first-order valence-corrected chi connectivity index (χ1v) is 10.5. The number of para-hydroxylation sites is 1. The highest BCUT2D eigenvalue weighted by Gasteiger charge is 2.37. The van der Waals surface area contributed by atoms with Crippen LogP contribution in [-0.4, -0.2) is 37.5 Å². The predicted molar refractivity (Wildman–Crippen MR) is 116 cm³/mol. The summed E-state index contributed by atoms with van der Waals surface area (Å²) in [6, 6.07) is 10.7. The molecule has 3 heterocycles. The molecular formula is C21H14ClN5O3S. The van der Waals surface area contributed by atoms with E-state index in [2.05, 4.69) is 15.3 Å². The normalized spacial score (nSPS) is 13.3. The first kappa shape index (κ1) is 19.5. The smallest absolute Gasteiger partial charge is 0.298 e. The van der Waals surface area contributed by atoms with Gasteiger partial charge < -0.3 is 0 Å². The molecule has 0 bridgehead atoms. The van der Waals surface area contributed by atoms with E-state index in [4.69, 9.17) is 11.6 Å². The monoisotopic (exact) mass is 451 g/mol. The van der Waals surface area contributed by atoms with Crippen LogP contribution in [-0.2, 0) is 17.9 Å². The quantitative estimate of drug-likeness (QED) is 0.340. The molecule has 0 radical (unpaired) electrons. The minimum absolute atomic E-state index is 0.0229. The van der Waals surface area contributed by atoms with Gasteiger partial charge in [0.05, 0.1) is 34.2 Å². The zero-order valence-electron chi connectivity index (χ0n) is 16.2. The number of aromatic nitrogens is 4. The van der Waals surface area contributed by atoms with Gasteiger partial charge in [0, 0.05) is 5.02 Å². The van der Waals surface area contributed by atoms with Crippen molar-refractivity contribution in [1.82, 2.24) is 20.0 Å². The molecule has 1 aliphatic heterocycles. The number of fused-ring (bicyclic) bond motifs is 2. The molecule has 0 fully saturated rings. The third kappa shape index (κ3) is 3.41. The Labute approximate surface area is 185 Å². The SMILES string of the molecule is Cc1cc(Cl)cc2c1N(Cc1cn(CC(=O)c3nc4ccccc4s3)nn1)C(=O)C2=O. The molecule has 2 aromatic heterocycles. The number of benzene rings is 2. The van der Waals surface area contributed by atoms with Gasteiger partial charge in [0.2, 0.25) is 5.78 Å². The van der Waals surface area contributed by atoms with E-state index < -0.39 is 11.7 Å². The molecule has 10 heteroatoms. The molecule has 2 aromatic carbocycles. The number of carbonyl (C=O) groups excluding carboxylic acids is 3. The minimum Gasteiger partial charge on any atom is -0.298 e. The van der Waals surface area contributed by atoms with Crippen LogP contribution in [0.2, 0.25) is 5.02 Å². The zero-order chi connectivity index (χ0) is 21.7. The molecule has 0 aliphatic carbocycles. The van der Waals surface area contributed by atoms with E-state index in [0.29, 0.717) is 21.4 Å². The molecule has 5 rings (SSSR count). The van der Waals surface area contributed by atoms with Crippen molar-refractivity contribution in [3.05, 3.63) is 69.4 Å². The van der Waals surface area contributed by atoms with Crippen LogP contribution in [0.4, 0.5) is 5.69 Å². The highest BCUT2D eigenvalue weighted by molar-refractivity contribution is 7.20. The summed E-state index contributed by atoms with van der Waals surface area (Å²) in [6.07, 6.45) is 1.59. The van der Waals surface area contributed by atoms with Crippen LogP contribution in [0.15, 0.2) is 42.6 Å². The Morgan fingerprint density at radius 2 is 2.00 bits per heavy atom. The molecule has 154 valence electrons. The number of halogens is 1. The van der Waals surface area contributed by atoms with Crippen molar-refractivity contribution in [1.29, 1.82) is 0 Å². The molecule has 31 heavy (non-hydrogen) atoms. The van der Waals surface area contributed by atoms with Crippen LogP contribution in [0.3, 0.4) is 0 Å². The van der Waals surface area contributed by atoms with Crippen LogP contribution < -0.4 is 4.90 Å². The lowest BCUT2D eigenvalue weighted by Gasteiger charge is -2.17. The second kappa shape index (κ2) is 7.36. The molecule has 1 amide bonds. The Morgan fingerprint density at radius 1 is 1.19 bits per heavy atom. The molecule has 0 spiro atoms. The third-order valence-electron chi connectivity index (χ3n) is 4.96. The van der Waals surface area contributed by atoms with Gasteiger partial charge in [-0.15, -0.1) is 16.4 Å². The summed E-state index contributed by atoms with van der Waals surface area (Å²) in [5, 5.41) is 8.86. The van der Waals surface area contributed by atoms with Gasteiger partial charge in [-0.3, -0.25) is 19.3 Å². The maximum absolute atomic E-state index is 12.6. The maximum Gasteiger partial charge on any atom is 0.299 e. The van der Waals surface area contributed by atoms with Crippen molar-refractivity contribution in [3.63, 3.8) is 0 Å². The third-order valence-corrected chi connectivity index (χ3v) is 6.26. The average Bonchev–Trinajstić information content (AvgIpc) is 3.42. The molecule has 0 saturated heterocycles. The largest absolute Gasteiger partial charge is 0.299 e. The molecule has 0 saturated carbocycles. The van der Waals surface area contributed by atoms with Gasteiger partial charge in [0.15, 0.2) is 5.01 Å². The number of amides is 1. The molecule has 0 N–H and O–H groups in total. The maximum atomic E-state index is 12.6. The number of rotatable bonds is 5. The van der Waals surface area contributed by atoms with E-state index in [1.165, 1.54) is 27.0 Å². The Balaban J connectivity index is 1.35. The summed E-state index contributed by atoms with van der Waals surface area (Å²) >= 11 is 7.36. The molecule has 8 nitrogen and oxygen atoms in total. The molecule has 1 aliphatic rings.